The molecular weight excluding hydrogens is 282 g/mol. The SMILES string of the molecule is Cn1ccnc1CCOc1cc(N)ccc1Br. The van der Waals surface area contributed by atoms with Crippen LogP contribution in [0, 0.1) is 0 Å². The predicted octanol–water partition coefficient (Wildman–Crippen LogP) is 2.39. The Hall–Kier alpha value is -1.49. The van der Waals surface area contributed by atoms with E-state index in [0.29, 0.717) is 12.3 Å². The summed E-state index contributed by atoms with van der Waals surface area (Å²) in [5, 5.41) is 0. The number of benzene rings is 1. The van der Waals surface area contributed by atoms with Crippen LogP contribution in [0.5, 0.6) is 5.75 Å². The number of aryl methyl sites for hydroxylation is 1. The number of anilines is 1. The molecule has 0 bridgehead atoms. The summed E-state index contributed by atoms with van der Waals surface area (Å²) in [6.45, 7) is 0.576. The number of nitrogen functional groups attached to an aromatic ring is 1. The van der Waals surface area contributed by atoms with E-state index in [1.807, 2.05) is 36.0 Å². The van der Waals surface area contributed by atoms with Gasteiger partial charge in [-0.25, -0.2) is 4.98 Å². The second-order valence-corrected chi connectivity index (χ2v) is 4.60. The number of hydrogen-bond acceptors (Lipinski definition) is 3. The lowest BCUT2D eigenvalue weighted by molar-refractivity contribution is 0.316. The van der Waals surface area contributed by atoms with Gasteiger partial charge in [0, 0.05) is 37.6 Å². The summed E-state index contributed by atoms with van der Waals surface area (Å²) in [4.78, 5) is 4.23. The third kappa shape index (κ3) is 3.00. The first-order valence-corrected chi connectivity index (χ1v) is 6.10. The van der Waals surface area contributed by atoms with Crippen LogP contribution in [0.3, 0.4) is 0 Å². The summed E-state index contributed by atoms with van der Waals surface area (Å²) in [6, 6.07) is 5.52. The van der Waals surface area contributed by atoms with Crippen LogP contribution in [-0.4, -0.2) is 16.2 Å². The lowest BCUT2D eigenvalue weighted by Crippen LogP contribution is -2.06. The van der Waals surface area contributed by atoms with Gasteiger partial charge in [-0.1, -0.05) is 0 Å². The smallest absolute Gasteiger partial charge is 0.135 e. The molecule has 4 nitrogen and oxygen atoms in total. The highest BCUT2D eigenvalue weighted by Gasteiger charge is 2.03. The zero-order valence-electron chi connectivity index (χ0n) is 9.56. The first-order chi connectivity index (χ1) is 8.16. The molecule has 17 heavy (non-hydrogen) atoms. The third-order valence-corrected chi connectivity index (χ3v) is 3.11. The van der Waals surface area contributed by atoms with Gasteiger partial charge >= 0.3 is 0 Å². The summed E-state index contributed by atoms with van der Waals surface area (Å²) < 4.78 is 8.56. The number of nitrogens with two attached hydrogens (primary N) is 1. The number of hydrogen-bond donors (Lipinski definition) is 1. The maximum absolute atomic E-state index is 5.70. The maximum atomic E-state index is 5.70. The Morgan fingerprint density at radius 2 is 2.29 bits per heavy atom. The first kappa shape index (κ1) is 12.0. The lowest BCUT2D eigenvalue weighted by atomic mass is 10.3. The average Bonchev–Trinajstić information content (AvgIpc) is 2.70. The van der Waals surface area contributed by atoms with Gasteiger partial charge in [0.15, 0.2) is 0 Å². The van der Waals surface area contributed by atoms with Gasteiger partial charge < -0.3 is 15.0 Å². The minimum atomic E-state index is 0.576. The number of ether oxygens (including phenoxy) is 1. The molecule has 90 valence electrons. The van der Waals surface area contributed by atoms with Crippen molar-refractivity contribution in [3.05, 3.63) is 40.9 Å². The molecule has 0 radical (unpaired) electrons. The molecule has 0 aliphatic carbocycles. The maximum Gasteiger partial charge on any atom is 0.135 e. The Balaban J connectivity index is 1.94. The van der Waals surface area contributed by atoms with Crippen LogP contribution in [0.15, 0.2) is 35.1 Å². The van der Waals surface area contributed by atoms with Gasteiger partial charge in [0.25, 0.3) is 0 Å². The molecule has 1 heterocycles. The minimum Gasteiger partial charge on any atom is -0.492 e. The van der Waals surface area contributed by atoms with E-state index in [2.05, 4.69) is 20.9 Å². The van der Waals surface area contributed by atoms with E-state index in [1.54, 1.807) is 6.20 Å². The van der Waals surface area contributed by atoms with Gasteiger partial charge in [-0.05, 0) is 28.1 Å². The van der Waals surface area contributed by atoms with Gasteiger partial charge in [-0.3, -0.25) is 0 Å². The fourth-order valence-corrected chi connectivity index (χ4v) is 1.88. The van der Waals surface area contributed by atoms with Crippen LogP contribution in [0.25, 0.3) is 0 Å². The number of rotatable bonds is 4. The average molecular weight is 296 g/mol. The van der Waals surface area contributed by atoms with Crippen molar-refractivity contribution in [1.82, 2.24) is 9.55 Å². The van der Waals surface area contributed by atoms with Crippen LogP contribution < -0.4 is 10.5 Å². The van der Waals surface area contributed by atoms with Crippen molar-refractivity contribution in [1.29, 1.82) is 0 Å². The fourth-order valence-electron chi connectivity index (χ4n) is 1.52. The molecule has 0 fully saturated rings. The second-order valence-electron chi connectivity index (χ2n) is 3.74. The Bertz CT molecular complexity index is 510. The normalized spacial score (nSPS) is 10.5. The topological polar surface area (TPSA) is 53.1 Å². The van der Waals surface area contributed by atoms with Gasteiger partial charge in [0.05, 0.1) is 11.1 Å². The van der Waals surface area contributed by atoms with E-state index in [-0.39, 0.29) is 0 Å². The van der Waals surface area contributed by atoms with Crippen molar-refractivity contribution < 1.29 is 4.74 Å². The Kier molecular flexibility index (Phi) is 3.68. The Labute approximate surface area is 109 Å². The van der Waals surface area contributed by atoms with Gasteiger partial charge in [0.1, 0.15) is 11.6 Å². The highest BCUT2D eigenvalue weighted by Crippen LogP contribution is 2.26. The summed E-state index contributed by atoms with van der Waals surface area (Å²) in [6.07, 6.45) is 4.47. The standard InChI is InChI=1S/C12H14BrN3O/c1-16-6-5-15-12(16)4-7-17-11-8-9(14)2-3-10(11)13/h2-3,5-6,8H,4,7,14H2,1H3. The van der Waals surface area contributed by atoms with Crippen molar-refractivity contribution in [3.63, 3.8) is 0 Å². The highest BCUT2D eigenvalue weighted by molar-refractivity contribution is 9.10. The summed E-state index contributed by atoms with van der Waals surface area (Å²) in [5.74, 6) is 1.77. The molecule has 2 rings (SSSR count). The van der Waals surface area contributed by atoms with E-state index in [0.717, 1.165) is 22.5 Å². The van der Waals surface area contributed by atoms with Crippen molar-refractivity contribution in [3.8, 4) is 5.75 Å². The van der Waals surface area contributed by atoms with Crippen LogP contribution >= 0.6 is 15.9 Å². The van der Waals surface area contributed by atoms with Gasteiger partial charge in [-0.2, -0.15) is 0 Å². The van der Waals surface area contributed by atoms with Crippen molar-refractivity contribution >= 4 is 21.6 Å². The molecule has 5 heteroatoms. The molecule has 2 aromatic rings. The molecular formula is C12H14BrN3O. The molecule has 2 N–H and O–H groups in total. The van der Waals surface area contributed by atoms with Crippen LogP contribution in [0.2, 0.25) is 0 Å². The predicted molar refractivity (Wildman–Crippen MR) is 71.0 cm³/mol. The Morgan fingerprint density at radius 1 is 1.47 bits per heavy atom. The molecule has 0 saturated carbocycles. The number of nitrogens with zero attached hydrogens (tertiary/aromatic N) is 2. The van der Waals surface area contributed by atoms with Crippen LogP contribution in [-0.2, 0) is 13.5 Å². The van der Waals surface area contributed by atoms with Crippen molar-refractivity contribution in [2.75, 3.05) is 12.3 Å². The van der Waals surface area contributed by atoms with Crippen LogP contribution in [0.4, 0.5) is 5.69 Å². The molecule has 0 saturated heterocycles. The van der Waals surface area contributed by atoms with Crippen molar-refractivity contribution in [2.45, 2.75) is 6.42 Å². The van der Waals surface area contributed by atoms with Gasteiger partial charge in [0.2, 0.25) is 0 Å². The first-order valence-electron chi connectivity index (χ1n) is 5.31. The molecule has 0 amide bonds. The fraction of sp³-hybridized carbons (Fsp3) is 0.250. The molecule has 0 atom stereocenters. The molecule has 0 unspecified atom stereocenters. The van der Waals surface area contributed by atoms with E-state index >= 15 is 0 Å². The second kappa shape index (κ2) is 5.23. The summed E-state index contributed by atoms with van der Waals surface area (Å²) >= 11 is 3.42. The van der Waals surface area contributed by atoms with E-state index < -0.39 is 0 Å². The summed E-state index contributed by atoms with van der Waals surface area (Å²) in [7, 11) is 1.97. The molecule has 0 aliphatic heterocycles. The van der Waals surface area contributed by atoms with Crippen molar-refractivity contribution in [2.24, 2.45) is 7.05 Å². The number of aromatic nitrogens is 2. The monoisotopic (exact) mass is 295 g/mol. The largest absolute Gasteiger partial charge is 0.492 e. The zero-order chi connectivity index (χ0) is 12.3. The molecule has 0 aliphatic rings. The zero-order valence-corrected chi connectivity index (χ0v) is 11.1. The Morgan fingerprint density at radius 3 is 3.00 bits per heavy atom. The quantitative estimate of drug-likeness (QED) is 0.881. The van der Waals surface area contributed by atoms with Crippen LogP contribution in [0.1, 0.15) is 5.82 Å². The number of imidazole rings is 1. The molecule has 1 aromatic carbocycles. The lowest BCUT2D eigenvalue weighted by Gasteiger charge is -2.08. The van der Waals surface area contributed by atoms with Gasteiger partial charge in [-0.15, -0.1) is 0 Å². The molecule has 0 spiro atoms. The summed E-state index contributed by atoms with van der Waals surface area (Å²) in [5.41, 5.74) is 6.40. The third-order valence-electron chi connectivity index (χ3n) is 2.46. The van der Waals surface area contributed by atoms with E-state index in [9.17, 15) is 0 Å². The van der Waals surface area contributed by atoms with E-state index in [4.69, 9.17) is 10.5 Å². The van der Waals surface area contributed by atoms with E-state index in [1.165, 1.54) is 0 Å². The highest BCUT2D eigenvalue weighted by atomic mass is 79.9. The number of halogens is 1. The minimum absolute atomic E-state index is 0.576. The molecule has 1 aromatic heterocycles.